The van der Waals surface area contributed by atoms with Crippen LogP contribution in [-0.2, 0) is 4.79 Å². The highest BCUT2D eigenvalue weighted by Crippen LogP contribution is 2.07. The maximum absolute atomic E-state index is 11.7. The quantitative estimate of drug-likeness (QED) is 0.773. The predicted octanol–water partition coefficient (Wildman–Crippen LogP) is 0.481. The molecule has 0 radical (unpaired) electrons. The molecule has 2 aromatic heterocycles. The Labute approximate surface area is 116 Å². The summed E-state index contributed by atoms with van der Waals surface area (Å²) < 4.78 is 2.11. The van der Waals surface area contributed by atoms with E-state index in [0.717, 1.165) is 4.47 Å². The van der Waals surface area contributed by atoms with E-state index in [1.807, 2.05) is 0 Å². The normalized spacial score (nSPS) is 10.6. The van der Waals surface area contributed by atoms with Gasteiger partial charge in [0.15, 0.2) is 0 Å². The third-order valence-electron chi connectivity index (χ3n) is 2.22. The van der Waals surface area contributed by atoms with Crippen molar-refractivity contribution in [2.45, 2.75) is 12.8 Å². The second kappa shape index (κ2) is 5.74. The summed E-state index contributed by atoms with van der Waals surface area (Å²) in [6, 6.07) is 0. The number of aromatic nitrogens is 4. The van der Waals surface area contributed by atoms with Crippen molar-refractivity contribution in [3.05, 3.63) is 22.7 Å². The number of hydrogen-bond donors (Lipinski definition) is 2. The van der Waals surface area contributed by atoms with Crippen molar-refractivity contribution in [2.75, 3.05) is 6.54 Å². The Balaban J connectivity index is 1.99. The molecule has 0 fully saturated rings. The molecule has 0 bridgehead atoms. The average Bonchev–Trinajstić information content (AvgIpc) is 2.77. The number of carboxylic acids is 1. The SMILES string of the molecule is O=C(O)CCCNC(=O)c1nc2ncc(Br)cn2n1. The van der Waals surface area contributed by atoms with Crippen molar-refractivity contribution in [3.63, 3.8) is 0 Å². The highest BCUT2D eigenvalue weighted by atomic mass is 79.9. The zero-order valence-electron chi connectivity index (χ0n) is 9.71. The van der Waals surface area contributed by atoms with Gasteiger partial charge in [-0.3, -0.25) is 9.59 Å². The predicted molar refractivity (Wildman–Crippen MR) is 67.7 cm³/mol. The van der Waals surface area contributed by atoms with E-state index in [0.29, 0.717) is 12.2 Å². The van der Waals surface area contributed by atoms with Gasteiger partial charge < -0.3 is 10.4 Å². The number of amides is 1. The first kappa shape index (κ1) is 13.4. The van der Waals surface area contributed by atoms with E-state index in [9.17, 15) is 9.59 Å². The van der Waals surface area contributed by atoms with Crippen LogP contribution in [0, 0.1) is 0 Å². The van der Waals surface area contributed by atoms with E-state index < -0.39 is 11.9 Å². The molecule has 0 spiro atoms. The molecule has 1 amide bonds. The molecule has 0 aliphatic rings. The number of aliphatic carboxylic acids is 1. The molecule has 0 atom stereocenters. The number of halogens is 1. The first-order valence-corrected chi connectivity index (χ1v) is 6.23. The van der Waals surface area contributed by atoms with Gasteiger partial charge in [-0.1, -0.05) is 0 Å². The third-order valence-corrected chi connectivity index (χ3v) is 2.63. The molecule has 9 heteroatoms. The molecule has 2 rings (SSSR count). The lowest BCUT2D eigenvalue weighted by molar-refractivity contribution is -0.137. The number of carbonyl (C=O) groups is 2. The van der Waals surface area contributed by atoms with Gasteiger partial charge >= 0.3 is 5.97 Å². The molecule has 2 heterocycles. The molecule has 0 saturated carbocycles. The van der Waals surface area contributed by atoms with Crippen molar-refractivity contribution in [1.82, 2.24) is 24.9 Å². The average molecular weight is 328 g/mol. The summed E-state index contributed by atoms with van der Waals surface area (Å²) in [5.74, 6) is -1.03. The topological polar surface area (TPSA) is 109 Å². The second-order valence-electron chi connectivity index (χ2n) is 3.71. The summed E-state index contributed by atoms with van der Waals surface area (Å²) in [5.41, 5.74) is 0. The van der Waals surface area contributed by atoms with Crippen LogP contribution >= 0.6 is 15.9 Å². The van der Waals surface area contributed by atoms with E-state index in [4.69, 9.17) is 5.11 Å². The number of nitrogens with zero attached hydrogens (tertiary/aromatic N) is 4. The van der Waals surface area contributed by atoms with Gasteiger partial charge in [-0.2, -0.15) is 4.98 Å². The van der Waals surface area contributed by atoms with E-state index in [1.165, 1.54) is 4.52 Å². The molecule has 2 N–H and O–H groups in total. The maximum atomic E-state index is 11.7. The molecule has 0 aliphatic heterocycles. The van der Waals surface area contributed by atoms with Gasteiger partial charge in [-0.15, -0.1) is 5.10 Å². The van der Waals surface area contributed by atoms with Gasteiger partial charge in [0.25, 0.3) is 11.7 Å². The molecular weight excluding hydrogens is 318 g/mol. The zero-order chi connectivity index (χ0) is 13.8. The number of rotatable bonds is 5. The molecular formula is C10H10BrN5O3. The molecule has 0 saturated heterocycles. The summed E-state index contributed by atoms with van der Waals surface area (Å²) in [6.07, 6.45) is 3.56. The van der Waals surface area contributed by atoms with Crippen molar-refractivity contribution in [3.8, 4) is 0 Å². The Hall–Kier alpha value is -2.03. The van der Waals surface area contributed by atoms with E-state index in [1.54, 1.807) is 12.4 Å². The third kappa shape index (κ3) is 3.47. The molecule has 100 valence electrons. The van der Waals surface area contributed by atoms with E-state index in [2.05, 4.69) is 36.3 Å². The maximum Gasteiger partial charge on any atom is 0.303 e. The number of carbonyl (C=O) groups excluding carboxylic acids is 1. The largest absolute Gasteiger partial charge is 0.481 e. The van der Waals surface area contributed by atoms with Crippen LogP contribution in [0.1, 0.15) is 23.5 Å². The van der Waals surface area contributed by atoms with Crippen LogP contribution in [0.15, 0.2) is 16.9 Å². The highest BCUT2D eigenvalue weighted by Gasteiger charge is 2.13. The molecule has 0 aliphatic carbocycles. The Morgan fingerprint density at radius 1 is 1.47 bits per heavy atom. The summed E-state index contributed by atoms with van der Waals surface area (Å²) in [5, 5.41) is 15.0. The summed E-state index contributed by atoms with van der Waals surface area (Å²) in [6.45, 7) is 0.262. The summed E-state index contributed by atoms with van der Waals surface area (Å²) in [4.78, 5) is 30.0. The molecule has 2 aromatic rings. The van der Waals surface area contributed by atoms with E-state index >= 15 is 0 Å². The van der Waals surface area contributed by atoms with Gasteiger partial charge in [-0.05, 0) is 22.4 Å². The Morgan fingerprint density at radius 3 is 3.00 bits per heavy atom. The van der Waals surface area contributed by atoms with Crippen molar-refractivity contribution in [1.29, 1.82) is 0 Å². The number of nitrogens with one attached hydrogen (secondary N) is 1. The van der Waals surface area contributed by atoms with Crippen LogP contribution in [0.3, 0.4) is 0 Å². The molecule has 0 unspecified atom stereocenters. The fourth-order valence-corrected chi connectivity index (χ4v) is 1.67. The first-order valence-electron chi connectivity index (χ1n) is 5.44. The van der Waals surface area contributed by atoms with Crippen LogP contribution in [0.2, 0.25) is 0 Å². The minimum atomic E-state index is -0.894. The Kier molecular flexibility index (Phi) is 4.05. The fourth-order valence-electron chi connectivity index (χ4n) is 1.38. The van der Waals surface area contributed by atoms with Crippen LogP contribution in [0.5, 0.6) is 0 Å². The van der Waals surface area contributed by atoms with Crippen LogP contribution in [0.4, 0.5) is 0 Å². The second-order valence-corrected chi connectivity index (χ2v) is 4.62. The van der Waals surface area contributed by atoms with Gasteiger partial charge in [0.1, 0.15) is 0 Å². The van der Waals surface area contributed by atoms with Crippen molar-refractivity contribution >= 4 is 33.6 Å². The standard InChI is InChI=1S/C10H10BrN5O3/c11-6-4-13-10-14-8(15-16(10)5-6)9(19)12-3-1-2-7(17)18/h4-5H,1-3H2,(H,12,19)(H,17,18). The van der Waals surface area contributed by atoms with E-state index in [-0.39, 0.29) is 18.8 Å². The lowest BCUT2D eigenvalue weighted by Gasteiger charge is -1.99. The van der Waals surface area contributed by atoms with Crippen molar-refractivity contribution < 1.29 is 14.7 Å². The number of hydrogen-bond acceptors (Lipinski definition) is 5. The van der Waals surface area contributed by atoms with Crippen molar-refractivity contribution in [2.24, 2.45) is 0 Å². The Morgan fingerprint density at radius 2 is 2.26 bits per heavy atom. The lowest BCUT2D eigenvalue weighted by Crippen LogP contribution is -2.26. The molecule has 0 aromatic carbocycles. The van der Waals surface area contributed by atoms with Gasteiger partial charge in [0, 0.05) is 25.4 Å². The van der Waals surface area contributed by atoms with Crippen LogP contribution < -0.4 is 5.32 Å². The lowest BCUT2D eigenvalue weighted by atomic mass is 10.3. The van der Waals surface area contributed by atoms with Gasteiger partial charge in [0.05, 0.1) is 4.47 Å². The highest BCUT2D eigenvalue weighted by molar-refractivity contribution is 9.10. The minimum Gasteiger partial charge on any atom is -0.481 e. The smallest absolute Gasteiger partial charge is 0.303 e. The first-order chi connectivity index (χ1) is 9.06. The summed E-state index contributed by atoms with van der Waals surface area (Å²) >= 11 is 3.24. The molecule has 8 nitrogen and oxygen atoms in total. The van der Waals surface area contributed by atoms with Crippen LogP contribution in [0.25, 0.3) is 5.78 Å². The van der Waals surface area contributed by atoms with Crippen LogP contribution in [-0.4, -0.2) is 43.1 Å². The zero-order valence-corrected chi connectivity index (χ0v) is 11.3. The molecule has 19 heavy (non-hydrogen) atoms. The summed E-state index contributed by atoms with van der Waals surface area (Å²) in [7, 11) is 0. The van der Waals surface area contributed by atoms with Gasteiger partial charge in [-0.25, -0.2) is 9.50 Å². The monoisotopic (exact) mass is 327 g/mol. The van der Waals surface area contributed by atoms with Gasteiger partial charge in [0.2, 0.25) is 5.82 Å². The Bertz CT molecular complexity index is 627. The minimum absolute atomic E-state index is 0.000856. The number of fused-ring (bicyclic) bond motifs is 1. The number of carboxylic acid groups (broad SMARTS) is 1. The fraction of sp³-hybridized carbons (Fsp3) is 0.300.